The van der Waals surface area contributed by atoms with Crippen molar-refractivity contribution in [2.75, 3.05) is 5.88 Å². The van der Waals surface area contributed by atoms with Crippen molar-refractivity contribution in [1.82, 2.24) is 0 Å². The summed E-state index contributed by atoms with van der Waals surface area (Å²) in [5, 5.41) is 19.2. The van der Waals surface area contributed by atoms with Crippen LogP contribution in [0.4, 0.5) is 0 Å². The van der Waals surface area contributed by atoms with Crippen LogP contribution in [0.5, 0.6) is 0 Å². The lowest BCUT2D eigenvalue weighted by Crippen LogP contribution is -2.20. The van der Waals surface area contributed by atoms with Gasteiger partial charge in [-0.2, -0.15) is 0 Å². The van der Waals surface area contributed by atoms with E-state index in [1.807, 2.05) is 0 Å². The van der Waals surface area contributed by atoms with E-state index >= 15 is 0 Å². The van der Waals surface area contributed by atoms with Crippen LogP contribution in [0.15, 0.2) is 18.2 Å². The molecular formula is C10H10Cl2O3. The number of carbonyl (C=O) groups excluding carboxylic acids is 1. The number of aldehydes is 1. The van der Waals surface area contributed by atoms with Crippen LogP contribution >= 0.6 is 23.2 Å². The molecule has 5 heteroatoms. The molecule has 15 heavy (non-hydrogen) atoms. The van der Waals surface area contributed by atoms with Crippen molar-refractivity contribution in [1.29, 1.82) is 0 Å². The number of rotatable bonds is 4. The Bertz CT molecular complexity index is 355. The maximum absolute atomic E-state index is 10.4. The molecule has 0 aromatic heterocycles. The third-order valence-electron chi connectivity index (χ3n) is 2.00. The number of carbonyl (C=O) groups is 1. The van der Waals surface area contributed by atoms with Crippen LogP contribution in [-0.4, -0.2) is 28.5 Å². The zero-order valence-corrected chi connectivity index (χ0v) is 9.24. The molecule has 1 aromatic rings. The molecule has 0 saturated heterocycles. The van der Waals surface area contributed by atoms with Crippen molar-refractivity contribution in [2.45, 2.75) is 12.2 Å². The maximum atomic E-state index is 10.4. The van der Waals surface area contributed by atoms with Crippen molar-refractivity contribution >= 4 is 29.5 Å². The number of aliphatic hydroxyl groups excluding tert-OH is 2. The third kappa shape index (κ3) is 2.92. The molecule has 0 fully saturated rings. The van der Waals surface area contributed by atoms with Crippen LogP contribution in [0, 0.1) is 0 Å². The average Bonchev–Trinajstić information content (AvgIpc) is 2.26. The Balaban J connectivity index is 2.99. The highest BCUT2D eigenvalue weighted by Crippen LogP contribution is 2.26. The Morgan fingerprint density at radius 1 is 1.40 bits per heavy atom. The maximum Gasteiger partial charge on any atom is 0.150 e. The van der Waals surface area contributed by atoms with E-state index < -0.39 is 12.2 Å². The first-order chi connectivity index (χ1) is 7.10. The molecule has 3 nitrogen and oxygen atoms in total. The summed E-state index contributed by atoms with van der Waals surface area (Å²) < 4.78 is 0. The largest absolute Gasteiger partial charge is 0.389 e. The molecule has 2 unspecified atom stereocenters. The average molecular weight is 249 g/mol. The van der Waals surface area contributed by atoms with Gasteiger partial charge < -0.3 is 10.2 Å². The van der Waals surface area contributed by atoms with Gasteiger partial charge in [0.1, 0.15) is 12.4 Å². The summed E-state index contributed by atoms with van der Waals surface area (Å²) in [5.41, 5.74) is 0.770. The van der Waals surface area contributed by atoms with E-state index in [-0.39, 0.29) is 10.9 Å². The molecule has 1 aromatic carbocycles. The van der Waals surface area contributed by atoms with Gasteiger partial charge >= 0.3 is 0 Å². The summed E-state index contributed by atoms with van der Waals surface area (Å²) in [4.78, 5) is 10.4. The minimum Gasteiger partial charge on any atom is -0.389 e. The molecule has 0 bridgehead atoms. The normalized spacial score (nSPS) is 14.7. The Hall–Kier alpha value is -0.610. The highest BCUT2D eigenvalue weighted by atomic mass is 35.5. The number of alkyl halides is 1. The SMILES string of the molecule is O=Cc1ccc(C(O)C(O)CCl)c(Cl)c1. The molecule has 0 saturated carbocycles. The first-order valence-electron chi connectivity index (χ1n) is 4.27. The van der Waals surface area contributed by atoms with Gasteiger partial charge in [0, 0.05) is 16.1 Å². The first-order valence-corrected chi connectivity index (χ1v) is 5.18. The Kier molecular flexibility index (Phi) is 4.54. The molecule has 0 spiro atoms. The van der Waals surface area contributed by atoms with Crippen LogP contribution in [0.2, 0.25) is 5.02 Å². The molecule has 0 aliphatic rings. The smallest absolute Gasteiger partial charge is 0.150 e. The lowest BCUT2D eigenvalue weighted by atomic mass is 10.0. The zero-order chi connectivity index (χ0) is 11.4. The van der Waals surface area contributed by atoms with Crippen molar-refractivity contribution < 1.29 is 15.0 Å². The van der Waals surface area contributed by atoms with E-state index in [0.29, 0.717) is 17.4 Å². The fourth-order valence-corrected chi connectivity index (χ4v) is 1.62. The van der Waals surface area contributed by atoms with Crippen LogP contribution in [0.25, 0.3) is 0 Å². The van der Waals surface area contributed by atoms with E-state index in [1.165, 1.54) is 18.2 Å². The van der Waals surface area contributed by atoms with Gasteiger partial charge in [-0.25, -0.2) is 0 Å². The van der Waals surface area contributed by atoms with Crippen molar-refractivity contribution in [3.8, 4) is 0 Å². The molecule has 0 amide bonds. The molecular weight excluding hydrogens is 239 g/mol. The van der Waals surface area contributed by atoms with Gasteiger partial charge in [-0.1, -0.05) is 23.7 Å². The summed E-state index contributed by atoms with van der Waals surface area (Å²) in [6, 6.07) is 4.43. The lowest BCUT2D eigenvalue weighted by Gasteiger charge is -2.17. The van der Waals surface area contributed by atoms with E-state index in [4.69, 9.17) is 23.2 Å². The fraction of sp³-hybridized carbons (Fsp3) is 0.300. The van der Waals surface area contributed by atoms with Gasteiger partial charge in [0.05, 0.1) is 12.0 Å². The molecule has 82 valence electrons. The van der Waals surface area contributed by atoms with Crippen LogP contribution in [0.1, 0.15) is 22.0 Å². The van der Waals surface area contributed by atoms with E-state index in [2.05, 4.69) is 0 Å². The van der Waals surface area contributed by atoms with E-state index in [0.717, 1.165) is 0 Å². The van der Waals surface area contributed by atoms with Crippen LogP contribution in [0.3, 0.4) is 0 Å². The Morgan fingerprint density at radius 3 is 2.53 bits per heavy atom. The minimum atomic E-state index is -1.14. The number of hydrogen-bond donors (Lipinski definition) is 2. The Labute approximate surface area is 97.2 Å². The predicted octanol–water partition coefficient (Wildman–Crippen LogP) is 1.79. The van der Waals surface area contributed by atoms with Crippen molar-refractivity contribution in [3.05, 3.63) is 34.3 Å². The minimum absolute atomic E-state index is 0.0903. The summed E-state index contributed by atoms with van der Waals surface area (Å²) >= 11 is 11.2. The molecule has 0 radical (unpaired) electrons. The molecule has 0 aliphatic carbocycles. The van der Waals surface area contributed by atoms with Gasteiger partial charge in [0.2, 0.25) is 0 Å². The first kappa shape index (κ1) is 12.5. The monoisotopic (exact) mass is 248 g/mol. The van der Waals surface area contributed by atoms with Gasteiger partial charge in [0.25, 0.3) is 0 Å². The second kappa shape index (κ2) is 5.47. The summed E-state index contributed by atoms with van der Waals surface area (Å²) in [7, 11) is 0. The highest BCUT2D eigenvalue weighted by molar-refractivity contribution is 6.31. The van der Waals surface area contributed by atoms with Gasteiger partial charge in [-0.3, -0.25) is 4.79 Å². The molecule has 1 rings (SSSR count). The van der Waals surface area contributed by atoms with Gasteiger partial charge in [-0.05, 0) is 6.07 Å². The number of aliphatic hydroxyl groups is 2. The van der Waals surface area contributed by atoms with Crippen molar-refractivity contribution in [2.24, 2.45) is 0 Å². The van der Waals surface area contributed by atoms with Crippen LogP contribution in [-0.2, 0) is 0 Å². The second-order valence-electron chi connectivity index (χ2n) is 3.07. The molecule has 2 N–H and O–H groups in total. The molecule has 0 heterocycles. The van der Waals surface area contributed by atoms with Gasteiger partial charge in [0.15, 0.2) is 0 Å². The quantitative estimate of drug-likeness (QED) is 0.631. The lowest BCUT2D eigenvalue weighted by molar-refractivity contribution is 0.0328. The fourth-order valence-electron chi connectivity index (χ4n) is 1.15. The number of hydrogen-bond acceptors (Lipinski definition) is 3. The van der Waals surface area contributed by atoms with Crippen LogP contribution < -0.4 is 0 Å². The number of halogens is 2. The second-order valence-corrected chi connectivity index (χ2v) is 3.78. The zero-order valence-electron chi connectivity index (χ0n) is 7.73. The third-order valence-corrected chi connectivity index (χ3v) is 2.65. The number of benzene rings is 1. The standard InChI is InChI=1S/C10H10Cl2O3/c11-4-9(14)10(15)7-2-1-6(5-13)3-8(7)12/h1-3,5,9-10,14-15H,4H2. The summed E-state index contributed by atoms with van der Waals surface area (Å²) in [5.74, 6) is -0.0903. The molecule has 0 aliphatic heterocycles. The molecule has 2 atom stereocenters. The van der Waals surface area contributed by atoms with E-state index in [1.54, 1.807) is 0 Å². The highest BCUT2D eigenvalue weighted by Gasteiger charge is 2.19. The van der Waals surface area contributed by atoms with E-state index in [9.17, 15) is 15.0 Å². The van der Waals surface area contributed by atoms with Crippen molar-refractivity contribution in [3.63, 3.8) is 0 Å². The Morgan fingerprint density at radius 2 is 2.07 bits per heavy atom. The predicted molar refractivity (Wildman–Crippen MR) is 58.5 cm³/mol. The topological polar surface area (TPSA) is 57.5 Å². The summed E-state index contributed by atoms with van der Waals surface area (Å²) in [6.07, 6.45) is -1.57. The summed E-state index contributed by atoms with van der Waals surface area (Å²) in [6.45, 7) is 0. The van der Waals surface area contributed by atoms with Gasteiger partial charge in [-0.15, -0.1) is 11.6 Å².